The van der Waals surface area contributed by atoms with Crippen molar-refractivity contribution < 1.29 is 0 Å². The molecule has 0 saturated carbocycles. The van der Waals surface area contributed by atoms with Crippen LogP contribution in [0.25, 0.3) is 109 Å². The van der Waals surface area contributed by atoms with Gasteiger partial charge < -0.3 is 0 Å². The molecule has 0 atom stereocenters. The van der Waals surface area contributed by atoms with Crippen molar-refractivity contribution in [1.29, 1.82) is 0 Å². The minimum atomic E-state index is 0.702. The molecular formula is C52H32N2S. The number of aromatic nitrogens is 2. The van der Waals surface area contributed by atoms with Crippen molar-refractivity contribution in [3.63, 3.8) is 0 Å². The van der Waals surface area contributed by atoms with Gasteiger partial charge in [-0.25, -0.2) is 9.97 Å². The topological polar surface area (TPSA) is 25.8 Å². The van der Waals surface area contributed by atoms with Gasteiger partial charge in [-0.05, 0) is 84.9 Å². The Morgan fingerprint density at radius 1 is 0.327 bits per heavy atom. The standard InChI is InChI=1S/C52H32N2S/c1-2-15-34(16-3-1)52-53-46(37-19-12-18-35(30-37)40-25-13-27-49-51(40)44-24-10-11-26-48(44)55-49)32-47(54-52)41-22-8-9-23-42(41)50-39-21-7-5-17-36(39)31-45-38-20-6-4-14-33(38)28-29-43(45)50/h1-32H. The van der Waals surface area contributed by atoms with Crippen LogP contribution in [0.3, 0.4) is 0 Å². The van der Waals surface area contributed by atoms with Crippen molar-refractivity contribution in [1.82, 2.24) is 9.97 Å². The molecule has 0 aliphatic carbocycles. The van der Waals surface area contributed by atoms with Crippen LogP contribution >= 0.6 is 11.3 Å². The van der Waals surface area contributed by atoms with Gasteiger partial charge in [-0.2, -0.15) is 0 Å². The van der Waals surface area contributed by atoms with Crippen LogP contribution in [-0.2, 0) is 0 Å². The molecule has 0 aliphatic rings. The first-order valence-electron chi connectivity index (χ1n) is 18.7. The lowest BCUT2D eigenvalue weighted by Gasteiger charge is -2.17. The zero-order valence-electron chi connectivity index (χ0n) is 29.8. The summed E-state index contributed by atoms with van der Waals surface area (Å²) in [6.45, 7) is 0. The van der Waals surface area contributed by atoms with Gasteiger partial charge in [0.15, 0.2) is 5.82 Å². The summed E-state index contributed by atoms with van der Waals surface area (Å²) in [6, 6.07) is 69.8. The quantitative estimate of drug-likeness (QED) is 0.131. The highest BCUT2D eigenvalue weighted by molar-refractivity contribution is 7.25. The molecule has 0 spiro atoms. The molecule has 256 valence electrons. The monoisotopic (exact) mass is 716 g/mol. The Morgan fingerprint density at radius 2 is 0.964 bits per heavy atom. The molecule has 0 unspecified atom stereocenters. The fourth-order valence-electron chi connectivity index (χ4n) is 8.35. The van der Waals surface area contributed by atoms with Gasteiger partial charge in [-0.15, -0.1) is 11.3 Å². The Kier molecular flexibility index (Phi) is 7.39. The lowest BCUT2D eigenvalue weighted by atomic mass is 9.87. The Morgan fingerprint density at radius 3 is 1.85 bits per heavy atom. The first kappa shape index (κ1) is 31.6. The minimum absolute atomic E-state index is 0.702. The van der Waals surface area contributed by atoms with Gasteiger partial charge in [0, 0.05) is 36.9 Å². The number of thiophene rings is 1. The summed E-state index contributed by atoms with van der Waals surface area (Å²) in [5.74, 6) is 0.702. The number of hydrogen-bond acceptors (Lipinski definition) is 3. The van der Waals surface area contributed by atoms with Crippen LogP contribution in [0.15, 0.2) is 194 Å². The second-order valence-electron chi connectivity index (χ2n) is 14.1. The number of benzene rings is 9. The van der Waals surface area contributed by atoms with Crippen LogP contribution < -0.4 is 0 Å². The normalized spacial score (nSPS) is 11.6. The van der Waals surface area contributed by atoms with Crippen LogP contribution in [0.1, 0.15) is 0 Å². The first-order chi connectivity index (χ1) is 27.3. The number of fused-ring (bicyclic) bond motifs is 7. The summed E-state index contributed by atoms with van der Waals surface area (Å²) in [5.41, 5.74) is 9.64. The van der Waals surface area contributed by atoms with Gasteiger partial charge in [0.2, 0.25) is 0 Å². The summed E-state index contributed by atoms with van der Waals surface area (Å²) >= 11 is 1.85. The number of rotatable bonds is 5. The summed E-state index contributed by atoms with van der Waals surface area (Å²) in [7, 11) is 0. The Bertz CT molecular complexity index is 3270. The molecule has 11 rings (SSSR count). The van der Waals surface area contributed by atoms with Crippen molar-refractivity contribution in [2.45, 2.75) is 0 Å². The van der Waals surface area contributed by atoms with E-state index in [1.807, 2.05) is 17.4 Å². The maximum Gasteiger partial charge on any atom is 0.160 e. The third kappa shape index (κ3) is 5.32. The number of nitrogens with zero attached hydrogens (tertiary/aromatic N) is 2. The molecule has 0 fully saturated rings. The maximum atomic E-state index is 5.33. The van der Waals surface area contributed by atoms with Crippen LogP contribution in [-0.4, -0.2) is 9.97 Å². The van der Waals surface area contributed by atoms with E-state index in [0.29, 0.717) is 5.82 Å². The van der Waals surface area contributed by atoms with Crippen LogP contribution in [0.4, 0.5) is 0 Å². The molecule has 0 saturated heterocycles. The molecule has 2 aromatic heterocycles. The van der Waals surface area contributed by atoms with E-state index < -0.39 is 0 Å². The fraction of sp³-hybridized carbons (Fsp3) is 0. The second-order valence-corrected chi connectivity index (χ2v) is 15.2. The fourth-order valence-corrected chi connectivity index (χ4v) is 9.48. The first-order valence-corrected chi connectivity index (χ1v) is 19.5. The van der Waals surface area contributed by atoms with Crippen molar-refractivity contribution >= 4 is 63.8 Å². The molecule has 0 aliphatic heterocycles. The molecule has 0 N–H and O–H groups in total. The highest BCUT2D eigenvalue weighted by Gasteiger charge is 2.19. The molecule has 0 radical (unpaired) electrons. The van der Waals surface area contributed by atoms with Crippen LogP contribution in [0.5, 0.6) is 0 Å². The number of hydrogen-bond donors (Lipinski definition) is 0. The summed E-state index contributed by atoms with van der Waals surface area (Å²) in [6.07, 6.45) is 0. The van der Waals surface area contributed by atoms with Crippen molar-refractivity contribution in [2.75, 3.05) is 0 Å². The maximum absolute atomic E-state index is 5.33. The van der Waals surface area contributed by atoms with Gasteiger partial charge >= 0.3 is 0 Å². The van der Waals surface area contributed by atoms with E-state index in [1.165, 1.54) is 69.2 Å². The molecule has 0 amide bonds. The van der Waals surface area contributed by atoms with Crippen molar-refractivity contribution in [2.24, 2.45) is 0 Å². The molecule has 2 nitrogen and oxygen atoms in total. The Hall–Kier alpha value is -6.94. The predicted octanol–water partition coefficient (Wildman–Crippen LogP) is 14.6. The lowest BCUT2D eigenvalue weighted by Crippen LogP contribution is -1.97. The van der Waals surface area contributed by atoms with Gasteiger partial charge in [-0.1, -0.05) is 164 Å². The van der Waals surface area contributed by atoms with E-state index in [1.54, 1.807) is 0 Å². The van der Waals surface area contributed by atoms with E-state index in [9.17, 15) is 0 Å². The molecule has 3 heteroatoms. The van der Waals surface area contributed by atoms with E-state index >= 15 is 0 Å². The summed E-state index contributed by atoms with van der Waals surface area (Å²) < 4.78 is 2.60. The molecule has 11 aromatic rings. The van der Waals surface area contributed by atoms with Gasteiger partial charge in [0.25, 0.3) is 0 Å². The van der Waals surface area contributed by atoms with E-state index in [0.717, 1.165) is 33.6 Å². The molecule has 0 bridgehead atoms. The molecular weight excluding hydrogens is 685 g/mol. The SMILES string of the molecule is c1ccc(-c2nc(-c3cccc(-c4cccc5sc6ccccc6c45)c3)cc(-c3ccccc3-c3c4ccccc4cc4c3ccc3ccccc34)n2)cc1. The third-order valence-electron chi connectivity index (χ3n) is 10.9. The highest BCUT2D eigenvalue weighted by atomic mass is 32.1. The lowest BCUT2D eigenvalue weighted by molar-refractivity contribution is 1.18. The van der Waals surface area contributed by atoms with Crippen molar-refractivity contribution in [3.05, 3.63) is 194 Å². The second kappa shape index (κ2) is 12.9. The summed E-state index contributed by atoms with van der Waals surface area (Å²) in [5, 5.41) is 10.0. The third-order valence-corrected chi connectivity index (χ3v) is 12.0. The molecule has 9 aromatic carbocycles. The van der Waals surface area contributed by atoms with Crippen LogP contribution in [0.2, 0.25) is 0 Å². The largest absolute Gasteiger partial charge is 0.228 e. The van der Waals surface area contributed by atoms with Crippen molar-refractivity contribution in [3.8, 4) is 56.2 Å². The zero-order chi connectivity index (χ0) is 36.3. The predicted molar refractivity (Wildman–Crippen MR) is 235 cm³/mol. The average Bonchev–Trinajstić information content (AvgIpc) is 3.65. The van der Waals surface area contributed by atoms with E-state index in [4.69, 9.17) is 9.97 Å². The zero-order valence-corrected chi connectivity index (χ0v) is 30.6. The van der Waals surface area contributed by atoms with Gasteiger partial charge in [0.1, 0.15) is 0 Å². The van der Waals surface area contributed by atoms with Gasteiger partial charge in [-0.3, -0.25) is 0 Å². The molecule has 55 heavy (non-hydrogen) atoms. The van der Waals surface area contributed by atoms with Gasteiger partial charge in [0.05, 0.1) is 11.4 Å². The smallest absolute Gasteiger partial charge is 0.160 e. The Balaban J connectivity index is 1.14. The minimum Gasteiger partial charge on any atom is -0.228 e. The van der Waals surface area contributed by atoms with E-state index in [2.05, 4.69) is 188 Å². The summed E-state index contributed by atoms with van der Waals surface area (Å²) in [4.78, 5) is 10.6. The Labute approximate surface area is 322 Å². The van der Waals surface area contributed by atoms with Crippen LogP contribution in [0, 0.1) is 0 Å². The average molecular weight is 717 g/mol. The van der Waals surface area contributed by atoms with E-state index in [-0.39, 0.29) is 0 Å². The molecule has 2 heterocycles. The highest BCUT2D eigenvalue weighted by Crippen LogP contribution is 2.44.